The van der Waals surface area contributed by atoms with E-state index in [0.717, 1.165) is 32.4 Å². The first-order valence-corrected chi connectivity index (χ1v) is 12.2. The van der Waals surface area contributed by atoms with Gasteiger partial charge in [-0.1, -0.05) is 18.2 Å². The predicted octanol–water partition coefficient (Wildman–Crippen LogP) is 3.79. The zero-order valence-corrected chi connectivity index (χ0v) is 18.8. The average molecular weight is 420 g/mol. The number of pyridine rings is 1. The number of aromatic nitrogens is 1. The van der Waals surface area contributed by atoms with Gasteiger partial charge < -0.3 is 16.4 Å². The molecule has 0 amide bonds. The third kappa shape index (κ3) is 4.64. The highest BCUT2D eigenvalue weighted by atomic mass is 15.2. The Hall–Kier alpha value is -1.95. The van der Waals surface area contributed by atoms with Gasteiger partial charge in [0.1, 0.15) is 0 Å². The lowest BCUT2D eigenvalue weighted by Gasteiger charge is -2.37. The van der Waals surface area contributed by atoms with Crippen LogP contribution >= 0.6 is 0 Å². The van der Waals surface area contributed by atoms with Crippen LogP contribution in [0.5, 0.6) is 0 Å². The van der Waals surface area contributed by atoms with Gasteiger partial charge >= 0.3 is 0 Å². The van der Waals surface area contributed by atoms with Crippen LogP contribution in [0.4, 0.5) is 5.69 Å². The molecule has 4 N–H and O–H groups in total. The molecule has 1 aliphatic heterocycles. The Labute approximate surface area is 186 Å². The molecule has 0 unspecified atom stereocenters. The molecule has 0 radical (unpaired) electrons. The summed E-state index contributed by atoms with van der Waals surface area (Å²) in [6.07, 6.45) is 11.3. The van der Waals surface area contributed by atoms with Gasteiger partial charge in [0.2, 0.25) is 0 Å². The molecular weight excluding hydrogens is 382 g/mol. The van der Waals surface area contributed by atoms with Crippen molar-refractivity contribution >= 4 is 5.69 Å². The quantitative estimate of drug-likeness (QED) is 0.688. The molecule has 5 heteroatoms. The minimum atomic E-state index is 0.395. The van der Waals surface area contributed by atoms with E-state index in [1.807, 2.05) is 6.20 Å². The molecule has 2 aliphatic carbocycles. The number of aryl methyl sites for hydroxylation is 1. The van der Waals surface area contributed by atoms with Gasteiger partial charge in [0.15, 0.2) is 0 Å². The van der Waals surface area contributed by atoms with Gasteiger partial charge in [0.05, 0.1) is 11.7 Å². The highest BCUT2D eigenvalue weighted by Crippen LogP contribution is 2.33. The van der Waals surface area contributed by atoms with Gasteiger partial charge in [-0.3, -0.25) is 9.88 Å². The molecule has 1 aromatic carbocycles. The van der Waals surface area contributed by atoms with Crippen LogP contribution in [-0.4, -0.2) is 41.6 Å². The summed E-state index contributed by atoms with van der Waals surface area (Å²) in [7, 11) is 2.28. The summed E-state index contributed by atoms with van der Waals surface area (Å²) in [4.78, 5) is 7.29. The molecule has 1 aromatic heterocycles. The van der Waals surface area contributed by atoms with Crippen molar-refractivity contribution in [1.82, 2.24) is 15.2 Å². The molecule has 31 heavy (non-hydrogen) atoms. The lowest BCUT2D eigenvalue weighted by Crippen LogP contribution is -2.45. The summed E-state index contributed by atoms with van der Waals surface area (Å²) in [6.45, 7) is 2.01. The molecule has 1 saturated carbocycles. The molecule has 2 aromatic rings. The largest absolute Gasteiger partial charge is 0.382 e. The Balaban J connectivity index is 1.26. The molecule has 5 rings (SSSR count). The average Bonchev–Trinajstić information content (AvgIpc) is 2.80. The van der Waals surface area contributed by atoms with E-state index < -0.39 is 0 Å². The third-order valence-electron chi connectivity index (χ3n) is 7.64. The summed E-state index contributed by atoms with van der Waals surface area (Å²) >= 11 is 0. The number of anilines is 1. The van der Waals surface area contributed by atoms with Crippen LogP contribution in [0.15, 0.2) is 36.5 Å². The molecular formula is C26H37N5. The Kier molecular flexibility index (Phi) is 6.26. The van der Waals surface area contributed by atoms with Crippen LogP contribution in [0.1, 0.15) is 67.0 Å². The molecule has 3 aliphatic rings. The first-order chi connectivity index (χ1) is 15.2. The van der Waals surface area contributed by atoms with E-state index in [1.54, 1.807) is 0 Å². The van der Waals surface area contributed by atoms with Crippen molar-refractivity contribution < 1.29 is 0 Å². The number of hydrogen-bond acceptors (Lipinski definition) is 5. The summed E-state index contributed by atoms with van der Waals surface area (Å²) in [5, 5.41) is 7.67. The maximum absolute atomic E-state index is 6.11. The zero-order valence-electron chi connectivity index (χ0n) is 18.8. The van der Waals surface area contributed by atoms with E-state index >= 15 is 0 Å². The minimum absolute atomic E-state index is 0.395. The molecule has 0 saturated heterocycles. The number of fused-ring (bicyclic) bond motifs is 2. The highest BCUT2D eigenvalue weighted by Gasteiger charge is 2.29. The molecule has 2 heterocycles. The number of rotatable bonds is 5. The number of nitrogens with one attached hydrogen (secondary N) is 2. The van der Waals surface area contributed by atoms with Crippen molar-refractivity contribution in [3.8, 4) is 0 Å². The summed E-state index contributed by atoms with van der Waals surface area (Å²) in [5.74, 6) is 0. The molecule has 5 nitrogen and oxygen atoms in total. The second-order valence-corrected chi connectivity index (χ2v) is 9.88. The highest BCUT2D eigenvalue weighted by molar-refractivity contribution is 5.56. The second-order valence-electron chi connectivity index (χ2n) is 9.88. The van der Waals surface area contributed by atoms with Crippen molar-refractivity contribution in [2.45, 2.75) is 82.1 Å². The van der Waals surface area contributed by atoms with Crippen molar-refractivity contribution in [3.05, 3.63) is 58.9 Å². The number of hydrogen-bond donors (Lipinski definition) is 3. The maximum atomic E-state index is 6.11. The Morgan fingerprint density at radius 3 is 2.81 bits per heavy atom. The number of likely N-dealkylation sites (N-methyl/N-ethyl adjacent to an activating group) is 1. The van der Waals surface area contributed by atoms with E-state index in [-0.39, 0.29) is 0 Å². The van der Waals surface area contributed by atoms with Crippen LogP contribution < -0.4 is 16.4 Å². The fourth-order valence-corrected chi connectivity index (χ4v) is 5.85. The number of benzene rings is 1. The molecule has 0 spiro atoms. The fourth-order valence-electron chi connectivity index (χ4n) is 5.85. The lowest BCUT2D eigenvalue weighted by atomic mass is 9.89. The van der Waals surface area contributed by atoms with Gasteiger partial charge in [-0.2, -0.15) is 0 Å². The van der Waals surface area contributed by atoms with Gasteiger partial charge in [0.25, 0.3) is 0 Å². The van der Waals surface area contributed by atoms with Crippen molar-refractivity contribution in [1.29, 1.82) is 0 Å². The van der Waals surface area contributed by atoms with Crippen molar-refractivity contribution in [2.75, 3.05) is 18.9 Å². The van der Waals surface area contributed by atoms with Crippen LogP contribution in [0.3, 0.4) is 0 Å². The van der Waals surface area contributed by atoms with E-state index in [9.17, 15) is 0 Å². The maximum Gasteiger partial charge on any atom is 0.0607 e. The van der Waals surface area contributed by atoms with Crippen molar-refractivity contribution in [2.24, 2.45) is 5.73 Å². The number of nitrogens with two attached hydrogens (primary N) is 1. The van der Waals surface area contributed by atoms with Crippen LogP contribution in [0.2, 0.25) is 0 Å². The van der Waals surface area contributed by atoms with Gasteiger partial charge in [0, 0.05) is 43.1 Å². The van der Waals surface area contributed by atoms with E-state index in [4.69, 9.17) is 10.7 Å². The molecule has 166 valence electrons. The van der Waals surface area contributed by atoms with Crippen LogP contribution in [0.25, 0.3) is 0 Å². The topological polar surface area (TPSA) is 66.2 Å². The first kappa shape index (κ1) is 20.9. The Morgan fingerprint density at radius 2 is 1.94 bits per heavy atom. The minimum Gasteiger partial charge on any atom is -0.382 e. The third-order valence-corrected chi connectivity index (χ3v) is 7.64. The van der Waals surface area contributed by atoms with E-state index in [0.29, 0.717) is 24.2 Å². The van der Waals surface area contributed by atoms with Crippen LogP contribution in [0, 0.1) is 0 Å². The first-order valence-electron chi connectivity index (χ1n) is 12.2. The lowest BCUT2D eigenvalue weighted by molar-refractivity contribution is 0.191. The molecule has 2 atom stereocenters. The number of nitrogens with zero attached hydrogens (tertiary/aromatic N) is 2. The van der Waals surface area contributed by atoms with Crippen molar-refractivity contribution in [3.63, 3.8) is 0 Å². The van der Waals surface area contributed by atoms with Gasteiger partial charge in [-0.05, 0) is 87.2 Å². The summed E-state index contributed by atoms with van der Waals surface area (Å²) < 4.78 is 0. The Morgan fingerprint density at radius 1 is 1.10 bits per heavy atom. The predicted molar refractivity (Wildman–Crippen MR) is 127 cm³/mol. The molecule has 0 bridgehead atoms. The SMILES string of the molecule is CN(C[C@H]1Cc2c(cccc2N[C@H]2CC[C@@H](N)CC2)CN1)[C@H]1CCCc2cccnc21. The zero-order chi connectivity index (χ0) is 21.2. The second kappa shape index (κ2) is 9.27. The van der Waals surface area contributed by atoms with Gasteiger partial charge in [-0.15, -0.1) is 0 Å². The summed E-state index contributed by atoms with van der Waals surface area (Å²) in [6, 6.07) is 13.0. The smallest absolute Gasteiger partial charge is 0.0607 e. The monoisotopic (exact) mass is 419 g/mol. The fraction of sp³-hybridized carbons (Fsp3) is 0.577. The van der Waals surface area contributed by atoms with Gasteiger partial charge in [-0.25, -0.2) is 0 Å². The van der Waals surface area contributed by atoms with E-state index in [1.165, 1.54) is 60.2 Å². The van der Waals surface area contributed by atoms with Crippen LogP contribution in [-0.2, 0) is 19.4 Å². The normalized spacial score (nSPS) is 28.1. The molecule has 1 fully saturated rings. The standard InChI is InChI=1S/C26H37N5/c1-31(25-9-3-5-18-7-4-14-28-26(18)25)17-22-15-23-19(16-29-22)6-2-8-24(23)30-21-12-10-20(27)11-13-21/h2,4,6-8,14,20-22,25,29-30H,3,5,9-13,15-17,27H2,1H3/t20-,21+,22-,25+/m1/s1. The Bertz CT molecular complexity index is 889. The van der Waals surface area contributed by atoms with E-state index in [2.05, 4.69) is 52.9 Å². The summed E-state index contributed by atoms with van der Waals surface area (Å²) in [5.41, 5.74) is 13.1.